The molecule has 2 saturated heterocycles. The van der Waals surface area contributed by atoms with Crippen LogP contribution in [0.15, 0.2) is 18.3 Å². The Morgan fingerprint density at radius 2 is 1.89 bits per heavy atom. The van der Waals surface area contributed by atoms with Crippen LogP contribution in [0.2, 0.25) is 0 Å². The normalized spacial score (nSPS) is 19.4. The van der Waals surface area contributed by atoms with E-state index in [1.807, 2.05) is 12.1 Å². The molecule has 2 aliphatic rings. The van der Waals surface area contributed by atoms with Gasteiger partial charge in [0.1, 0.15) is 5.82 Å². The molecule has 10 heteroatoms. The molecule has 3 rings (SSSR count). The van der Waals surface area contributed by atoms with Crippen molar-refractivity contribution >= 4 is 27.6 Å². The van der Waals surface area contributed by atoms with Gasteiger partial charge in [-0.25, -0.2) is 22.5 Å². The fourth-order valence-electron chi connectivity index (χ4n) is 3.35. The number of nitrogens with zero attached hydrogens (tertiary/aromatic N) is 4. The van der Waals surface area contributed by atoms with E-state index < -0.39 is 10.0 Å². The lowest BCUT2D eigenvalue weighted by Crippen LogP contribution is -2.48. The molecule has 9 nitrogen and oxygen atoms in total. The Morgan fingerprint density at radius 1 is 1.22 bits per heavy atom. The summed E-state index contributed by atoms with van der Waals surface area (Å²) in [4.78, 5) is 20.7. The highest BCUT2D eigenvalue weighted by Gasteiger charge is 2.29. The van der Waals surface area contributed by atoms with Crippen LogP contribution in [0, 0.1) is 0 Å². The molecule has 1 aromatic rings. The molecule has 0 saturated carbocycles. The van der Waals surface area contributed by atoms with Crippen molar-refractivity contribution in [2.45, 2.75) is 18.9 Å². The summed E-state index contributed by atoms with van der Waals surface area (Å²) < 4.78 is 30.0. The lowest BCUT2D eigenvalue weighted by molar-refractivity contribution is 0.122. The first-order chi connectivity index (χ1) is 12.8. The number of carbonyl (C=O) groups is 1. The third kappa shape index (κ3) is 5.08. The van der Waals surface area contributed by atoms with Crippen LogP contribution in [-0.4, -0.2) is 87.4 Å². The molecule has 0 spiro atoms. The zero-order valence-electron chi connectivity index (χ0n) is 15.8. The van der Waals surface area contributed by atoms with Gasteiger partial charge in [-0.1, -0.05) is 0 Å². The number of hydrogen-bond donors (Lipinski definition) is 1. The largest absolute Gasteiger partial charge is 0.378 e. The van der Waals surface area contributed by atoms with Crippen molar-refractivity contribution in [1.29, 1.82) is 0 Å². The second-order valence-corrected chi connectivity index (χ2v) is 8.97. The van der Waals surface area contributed by atoms with Gasteiger partial charge in [-0.2, -0.15) is 0 Å². The van der Waals surface area contributed by atoms with Crippen molar-refractivity contribution < 1.29 is 17.9 Å². The second-order valence-electron chi connectivity index (χ2n) is 6.93. The molecule has 0 unspecified atom stereocenters. The number of hydrogen-bond acceptors (Lipinski definition) is 6. The van der Waals surface area contributed by atoms with Crippen LogP contribution in [-0.2, 0) is 14.8 Å². The molecule has 0 aromatic carbocycles. The molecule has 0 bridgehead atoms. The molecule has 3 heterocycles. The Bertz CT molecular complexity index is 741. The van der Waals surface area contributed by atoms with Gasteiger partial charge >= 0.3 is 6.03 Å². The quantitative estimate of drug-likeness (QED) is 0.808. The molecule has 0 radical (unpaired) electrons. The van der Waals surface area contributed by atoms with Crippen molar-refractivity contribution in [2.24, 2.45) is 0 Å². The first-order valence-electron chi connectivity index (χ1n) is 9.12. The molecular formula is C17H27N5O4S. The molecule has 2 fully saturated rings. The zero-order valence-corrected chi connectivity index (χ0v) is 16.6. The summed E-state index contributed by atoms with van der Waals surface area (Å²) in [5.41, 5.74) is 0.646. The zero-order chi connectivity index (χ0) is 19.4. The monoisotopic (exact) mass is 397 g/mol. The van der Waals surface area contributed by atoms with Gasteiger partial charge in [0.15, 0.2) is 0 Å². The maximum absolute atomic E-state index is 12.5. The van der Waals surface area contributed by atoms with Gasteiger partial charge in [0.25, 0.3) is 0 Å². The van der Waals surface area contributed by atoms with Crippen molar-refractivity contribution in [3.05, 3.63) is 18.3 Å². The average Bonchev–Trinajstić information content (AvgIpc) is 2.68. The van der Waals surface area contributed by atoms with Gasteiger partial charge in [0.2, 0.25) is 10.0 Å². The number of sulfonamides is 1. The molecule has 0 atom stereocenters. The molecule has 2 aliphatic heterocycles. The highest BCUT2D eigenvalue weighted by molar-refractivity contribution is 7.88. The Hall–Kier alpha value is -1.91. The highest BCUT2D eigenvalue weighted by Crippen LogP contribution is 2.19. The van der Waals surface area contributed by atoms with Crippen LogP contribution in [0.4, 0.5) is 16.3 Å². The lowest BCUT2D eigenvalue weighted by Gasteiger charge is -2.35. The van der Waals surface area contributed by atoms with Gasteiger partial charge < -0.3 is 19.9 Å². The number of rotatable bonds is 4. The number of carbonyl (C=O) groups excluding carboxylic acids is 1. The lowest BCUT2D eigenvalue weighted by atomic mass is 10.1. The number of likely N-dealkylation sites (tertiary alicyclic amines) is 1. The van der Waals surface area contributed by atoms with E-state index in [9.17, 15) is 13.2 Å². The standard InChI is InChI=1S/C17H27N5O4S/c1-20(27(2,24)25)15-5-7-22(8-6-15)17(23)19-14-3-4-16(18-13-14)21-9-11-26-12-10-21/h3-4,13,15H,5-12H2,1-2H3,(H,19,23). The molecule has 150 valence electrons. The first-order valence-corrected chi connectivity index (χ1v) is 11.0. The molecule has 1 N–H and O–H groups in total. The number of nitrogens with one attached hydrogen (secondary N) is 1. The third-order valence-electron chi connectivity index (χ3n) is 5.12. The summed E-state index contributed by atoms with van der Waals surface area (Å²) in [5, 5.41) is 2.87. The van der Waals surface area contributed by atoms with Crippen LogP contribution < -0.4 is 10.2 Å². The van der Waals surface area contributed by atoms with Crippen LogP contribution in [0.1, 0.15) is 12.8 Å². The van der Waals surface area contributed by atoms with Crippen LogP contribution in [0.5, 0.6) is 0 Å². The van der Waals surface area contributed by atoms with E-state index in [-0.39, 0.29) is 12.1 Å². The van der Waals surface area contributed by atoms with E-state index in [1.54, 1.807) is 18.1 Å². The van der Waals surface area contributed by atoms with E-state index in [0.29, 0.717) is 44.8 Å². The minimum atomic E-state index is -3.21. The Balaban J connectivity index is 1.51. The number of pyridine rings is 1. The summed E-state index contributed by atoms with van der Waals surface area (Å²) in [6.45, 7) is 4.08. The Labute approximate surface area is 160 Å². The number of aromatic nitrogens is 1. The molecule has 2 amide bonds. The maximum atomic E-state index is 12.5. The maximum Gasteiger partial charge on any atom is 0.321 e. The van der Waals surface area contributed by atoms with E-state index in [1.165, 1.54) is 10.6 Å². The van der Waals surface area contributed by atoms with Crippen molar-refractivity contribution in [3.8, 4) is 0 Å². The fraction of sp³-hybridized carbons (Fsp3) is 0.647. The van der Waals surface area contributed by atoms with Crippen molar-refractivity contribution in [3.63, 3.8) is 0 Å². The number of piperidine rings is 1. The number of ether oxygens (including phenoxy) is 1. The van der Waals surface area contributed by atoms with E-state index in [4.69, 9.17) is 4.74 Å². The van der Waals surface area contributed by atoms with Gasteiger partial charge in [-0.05, 0) is 25.0 Å². The second kappa shape index (κ2) is 8.41. The van der Waals surface area contributed by atoms with Gasteiger partial charge in [-0.15, -0.1) is 0 Å². The smallest absolute Gasteiger partial charge is 0.321 e. The van der Waals surface area contributed by atoms with Gasteiger partial charge in [0, 0.05) is 39.3 Å². The predicted octanol–water partition coefficient (Wildman–Crippen LogP) is 0.806. The van der Waals surface area contributed by atoms with Crippen molar-refractivity contribution in [2.75, 3.05) is 62.9 Å². The molecule has 0 aliphatic carbocycles. The summed E-state index contributed by atoms with van der Waals surface area (Å²) in [6, 6.07) is 3.50. The number of urea groups is 1. The summed E-state index contributed by atoms with van der Waals surface area (Å²) >= 11 is 0. The summed E-state index contributed by atoms with van der Waals surface area (Å²) in [5.74, 6) is 0.876. The minimum absolute atomic E-state index is 0.0569. The van der Waals surface area contributed by atoms with Crippen LogP contribution >= 0.6 is 0 Å². The Kier molecular flexibility index (Phi) is 6.18. The van der Waals surface area contributed by atoms with E-state index in [2.05, 4.69) is 15.2 Å². The number of anilines is 2. The number of morpholine rings is 1. The summed E-state index contributed by atoms with van der Waals surface area (Å²) in [7, 11) is -1.61. The minimum Gasteiger partial charge on any atom is -0.378 e. The van der Waals surface area contributed by atoms with Gasteiger partial charge in [-0.3, -0.25) is 0 Å². The Morgan fingerprint density at radius 3 is 2.44 bits per heavy atom. The molecule has 1 aromatic heterocycles. The van der Waals surface area contributed by atoms with Crippen molar-refractivity contribution in [1.82, 2.24) is 14.2 Å². The SMILES string of the molecule is CN(C1CCN(C(=O)Nc2ccc(N3CCOCC3)nc2)CC1)S(C)(=O)=O. The molecule has 27 heavy (non-hydrogen) atoms. The topological polar surface area (TPSA) is 95.1 Å². The average molecular weight is 398 g/mol. The van der Waals surface area contributed by atoms with E-state index in [0.717, 1.165) is 18.9 Å². The number of amides is 2. The van der Waals surface area contributed by atoms with Crippen LogP contribution in [0.25, 0.3) is 0 Å². The van der Waals surface area contributed by atoms with Gasteiger partial charge in [0.05, 0.1) is 31.4 Å². The predicted molar refractivity (Wildman–Crippen MR) is 103 cm³/mol. The third-order valence-corrected chi connectivity index (χ3v) is 6.47. The van der Waals surface area contributed by atoms with E-state index >= 15 is 0 Å². The highest BCUT2D eigenvalue weighted by atomic mass is 32.2. The van der Waals surface area contributed by atoms with Crippen LogP contribution in [0.3, 0.4) is 0 Å². The first kappa shape index (κ1) is 19.8. The fourth-order valence-corrected chi connectivity index (χ4v) is 4.10. The summed E-state index contributed by atoms with van der Waals surface area (Å²) in [6.07, 6.45) is 4.13. The molecular weight excluding hydrogens is 370 g/mol.